The summed E-state index contributed by atoms with van der Waals surface area (Å²) in [5, 5.41) is 1.15. The van der Waals surface area contributed by atoms with Gasteiger partial charge in [-0.25, -0.2) is 0 Å². The molecule has 1 aromatic heterocycles. The smallest absolute Gasteiger partial charge is 0.0706 e. The average Bonchev–Trinajstić information content (AvgIpc) is 2.52. The van der Waals surface area contributed by atoms with Crippen molar-refractivity contribution in [2.75, 3.05) is 0 Å². The molecular formula is C18H19N3. The predicted molar refractivity (Wildman–Crippen MR) is 86.7 cm³/mol. The van der Waals surface area contributed by atoms with Gasteiger partial charge in [0.2, 0.25) is 0 Å². The molecule has 106 valence electrons. The lowest BCUT2D eigenvalue weighted by Crippen LogP contribution is -2.30. The molecule has 0 aliphatic heterocycles. The molecule has 0 spiro atoms. The number of hydrazine groups is 1. The molecule has 3 heteroatoms. The van der Waals surface area contributed by atoms with E-state index in [2.05, 4.69) is 48.7 Å². The summed E-state index contributed by atoms with van der Waals surface area (Å²) < 4.78 is 0. The Bertz CT molecular complexity index is 752. The summed E-state index contributed by atoms with van der Waals surface area (Å²) in [7, 11) is 0. The fourth-order valence-corrected chi connectivity index (χ4v) is 2.60. The molecule has 0 bridgehead atoms. The van der Waals surface area contributed by atoms with Crippen molar-refractivity contribution in [2.24, 2.45) is 5.84 Å². The molecule has 1 unspecified atom stereocenters. The van der Waals surface area contributed by atoms with Gasteiger partial charge in [-0.2, -0.15) is 0 Å². The zero-order chi connectivity index (χ0) is 14.7. The van der Waals surface area contributed by atoms with Gasteiger partial charge in [0.05, 0.1) is 17.3 Å². The molecule has 0 aliphatic rings. The molecule has 2 aromatic carbocycles. The van der Waals surface area contributed by atoms with Crippen LogP contribution in [-0.2, 0) is 6.42 Å². The maximum Gasteiger partial charge on any atom is 0.0706 e. The molecule has 3 aromatic rings. The van der Waals surface area contributed by atoms with Crippen LogP contribution in [-0.4, -0.2) is 4.98 Å². The van der Waals surface area contributed by atoms with Crippen LogP contribution in [0.15, 0.2) is 60.7 Å². The Labute approximate surface area is 124 Å². The van der Waals surface area contributed by atoms with Crippen LogP contribution >= 0.6 is 0 Å². The Balaban J connectivity index is 1.90. The van der Waals surface area contributed by atoms with Gasteiger partial charge in [0, 0.05) is 5.39 Å². The van der Waals surface area contributed by atoms with E-state index >= 15 is 0 Å². The van der Waals surface area contributed by atoms with E-state index in [-0.39, 0.29) is 6.04 Å². The van der Waals surface area contributed by atoms with Crippen LogP contribution in [0, 0.1) is 6.92 Å². The highest BCUT2D eigenvalue weighted by atomic mass is 15.2. The quantitative estimate of drug-likeness (QED) is 0.568. The molecule has 0 fully saturated rings. The van der Waals surface area contributed by atoms with Gasteiger partial charge in [0.25, 0.3) is 0 Å². The van der Waals surface area contributed by atoms with E-state index in [9.17, 15) is 0 Å². The number of nitrogens with zero attached hydrogens (tertiary/aromatic N) is 1. The molecule has 3 N–H and O–H groups in total. The van der Waals surface area contributed by atoms with E-state index in [4.69, 9.17) is 10.8 Å². The zero-order valence-electron chi connectivity index (χ0n) is 12.1. The van der Waals surface area contributed by atoms with Gasteiger partial charge in [-0.1, -0.05) is 54.1 Å². The summed E-state index contributed by atoms with van der Waals surface area (Å²) >= 11 is 0. The summed E-state index contributed by atoms with van der Waals surface area (Å²) in [6.07, 6.45) is 0.823. The minimum Gasteiger partial charge on any atom is -0.271 e. The van der Waals surface area contributed by atoms with Crippen LogP contribution in [0.2, 0.25) is 0 Å². The fraction of sp³-hybridized carbons (Fsp3) is 0.167. The van der Waals surface area contributed by atoms with Crippen molar-refractivity contribution >= 4 is 10.9 Å². The third-order valence-electron chi connectivity index (χ3n) is 3.70. The molecule has 0 saturated heterocycles. The Kier molecular flexibility index (Phi) is 3.95. The van der Waals surface area contributed by atoms with Gasteiger partial charge < -0.3 is 0 Å². The third kappa shape index (κ3) is 3.10. The van der Waals surface area contributed by atoms with Crippen molar-refractivity contribution < 1.29 is 0 Å². The zero-order valence-corrected chi connectivity index (χ0v) is 12.1. The van der Waals surface area contributed by atoms with Gasteiger partial charge in [-0.3, -0.25) is 16.3 Å². The maximum atomic E-state index is 5.74. The van der Waals surface area contributed by atoms with E-state index in [0.717, 1.165) is 23.0 Å². The van der Waals surface area contributed by atoms with Crippen LogP contribution in [0.4, 0.5) is 0 Å². The third-order valence-corrected chi connectivity index (χ3v) is 3.70. The first-order valence-corrected chi connectivity index (χ1v) is 7.13. The number of para-hydroxylation sites is 1. The van der Waals surface area contributed by atoms with Crippen molar-refractivity contribution in [2.45, 2.75) is 19.4 Å². The summed E-state index contributed by atoms with van der Waals surface area (Å²) in [6, 6.07) is 20.8. The molecule has 3 rings (SSSR count). The highest BCUT2D eigenvalue weighted by Gasteiger charge is 2.12. The van der Waals surface area contributed by atoms with Gasteiger partial charge in [-0.15, -0.1) is 0 Å². The van der Waals surface area contributed by atoms with E-state index in [1.54, 1.807) is 0 Å². The lowest BCUT2D eigenvalue weighted by Gasteiger charge is -2.16. The van der Waals surface area contributed by atoms with Crippen LogP contribution in [0.3, 0.4) is 0 Å². The Morgan fingerprint density at radius 2 is 1.90 bits per heavy atom. The molecule has 0 radical (unpaired) electrons. The highest BCUT2D eigenvalue weighted by molar-refractivity contribution is 5.78. The van der Waals surface area contributed by atoms with Gasteiger partial charge in [-0.05, 0) is 31.0 Å². The standard InChI is InChI=1S/C18H19N3/c1-13-5-4-6-14(11-13)12-18(21-19)17-10-9-15-7-2-3-8-16(15)20-17/h2-11,18,21H,12,19H2,1H3. The second-order valence-corrected chi connectivity index (χ2v) is 5.34. The number of rotatable bonds is 4. The van der Waals surface area contributed by atoms with Crippen LogP contribution in [0.5, 0.6) is 0 Å². The lowest BCUT2D eigenvalue weighted by atomic mass is 10.0. The number of pyridine rings is 1. The van der Waals surface area contributed by atoms with E-state index < -0.39 is 0 Å². The average molecular weight is 277 g/mol. The number of aromatic nitrogens is 1. The van der Waals surface area contributed by atoms with Gasteiger partial charge in [0.1, 0.15) is 0 Å². The number of nitrogens with one attached hydrogen (secondary N) is 1. The fourth-order valence-electron chi connectivity index (χ4n) is 2.60. The Morgan fingerprint density at radius 3 is 2.71 bits per heavy atom. The first-order chi connectivity index (χ1) is 10.3. The van der Waals surface area contributed by atoms with Crippen LogP contribution in [0.25, 0.3) is 10.9 Å². The maximum absolute atomic E-state index is 5.74. The van der Waals surface area contributed by atoms with Gasteiger partial charge in [0.15, 0.2) is 0 Å². The molecule has 21 heavy (non-hydrogen) atoms. The number of nitrogens with two attached hydrogens (primary N) is 1. The van der Waals surface area contributed by atoms with E-state index in [1.807, 2.05) is 24.3 Å². The number of hydrogen-bond acceptors (Lipinski definition) is 3. The second-order valence-electron chi connectivity index (χ2n) is 5.34. The molecule has 3 nitrogen and oxygen atoms in total. The Morgan fingerprint density at radius 1 is 1.05 bits per heavy atom. The Hall–Kier alpha value is -2.23. The van der Waals surface area contributed by atoms with Crippen molar-refractivity contribution in [3.8, 4) is 0 Å². The summed E-state index contributed by atoms with van der Waals surface area (Å²) in [5.41, 5.74) is 7.37. The molecule has 1 heterocycles. The van der Waals surface area contributed by atoms with Crippen LogP contribution < -0.4 is 11.3 Å². The van der Waals surface area contributed by atoms with E-state index in [0.29, 0.717) is 0 Å². The molecule has 0 amide bonds. The topological polar surface area (TPSA) is 50.9 Å². The number of fused-ring (bicyclic) bond motifs is 1. The van der Waals surface area contributed by atoms with Crippen LogP contribution in [0.1, 0.15) is 22.9 Å². The first-order valence-electron chi connectivity index (χ1n) is 7.13. The van der Waals surface area contributed by atoms with Crippen molar-refractivity contribution in [1.29, 1.82) is 0 Å². The van der Waals surface area contributed by atoms with Crippen molar-refractivity contribution in [1.82, 2.24) is 10.4 Å². The normalized spacial score (nSPS) is 12.5. The molecule has 1 atom stereocenters. The molecule has 0 aliphatic carbocycles. The minimum absolute atomic E-state index is 0.0106. The predicted octanol–water partition coefficient (Wildman–Crippen LogP) is 3.29. The van der Waals surface area contributed by atoms with Crippen molar-refractivity contribution in [3.63, 3.8) is 0 Å². The summed E-state index contributed by atoms with van der Waals surface area (Å²) in [4.78, 5) is 4.72. The second kappa shape index (κ2) is 6.04. The number of benzene rings is 2. The lowest BCUT2D eigenvalue weighted by molar-refractivity contribution is 0.540. The van der Waals surface area contributed by atoms with Crippen molar-refractivity contribution in [3.05, 3.63) is 77.5 Å². The summed E-state index contributed by atoms with van der Waals surface area (Å²) in [6.45, 7) is 2.10. The highest BCUT2D eigenvalue weighted by Crippen LogP contribution is 2.20. The summed E-state index contributed by atoms with van der Waals surface area (Å²) in [5.74, 6) is 5.74. The molecule has 0 saturated carbocycles. The van der Waals surface area contributed by atoms with E-state index in [1.165, 1.54) is 11.1 Å². The van der Waals surface area contributed by atoms with Gasteiger partial charge >= 0.3 is 0 Å². The SMILES string of the molecule is Cc1cccc(CC(NN)c2ccc3ccccc3n2)c1. The number of hydrogen-bond donors (Lipinski definition) is 2. The molecular weight excluding hydrogens is 258 g/mol. The first kappa shape index (κ1) is 13.7. The number of aryl methyl sites for hydroxylation is 1. The largest absolute Gasteiger partial charge is 0.271 e. The monoisotopic (exact) mass is 277 g/mol. The minimum atomic E-state index is 0.0106.